The first-order valence-electron chi connectivity index (χ1n) is 7.35. The van der Waals surface area contributed by atoms with Crippen molar-refractivity contribution in [3.63, 3.8) is 0 Å². The zero-order valence-electron chi connectivity index (χ0n) is 13.0. The van der Waals surface area contributed by atoms with Crippen molar-refractivity contribution < 1.29 is 0 Å². The van der Waals surface area contributed by atoms with Gasteiger partial charge in [0.15, 0.2) is 0 Å². The minimum absolute atomic E-state index is 0.0947. The van der Waals surface area contributed by atoms with Crippen molar-refractivity contribution >= 4 is 5.65 Å². The normalized spacial score (nSPS) is 10.5. The van der Waals surface area contributed by atoms with Crippen LogP contribution in [-0.4, -0.2) is 18.7 Å². The molecule has 0 aliphatic rings. The molecule has 1 aromatic carbocycles. The highest BCUT2D eigenvalue weighted by Gasteiger charge is 2.12. The third kappa shape index (κ3) is 2.57. The van der Waals surface area contributed by atoms with E-state index in [1.165, 1.54) is 13.6 Å². The molecular weight excluding hydrogens is 292 g/mol. The summed E-state index contributed by atoms with van der Waals surface area (Å²) in [5.74, 6) is 5.49. The fraction of sp³-hybridized carbons (Fsp3) is 0.235. The number of benzene rings is 1. The lowest BCUT2D eigenvalue weighted by atomic mass is 10.1. The lowest BCUT2D eigenvalue weighted by molar-refractivity contribution is 0.684. The Morgan fingerprint density at radius 1 is 1.22 bits per heavy atom. The minimum Gasteiger partial charge on any atom is -0.280 e. The molecule has 0 aliphatic heterocycles. The van der Waals surface area contributed by atoms with Gasteiger partial charge in [-0.05, 0) is 31.0 Å². The molecule has 2 aromatic heterocycles. The molecule has 0 amide bonds. The summed E-state index contributed by atoms with van der Waals surface area (Å²) in [4.78, 5) is 24.8. The number of nitrogens with zero attached hydrogens (tertiary/aromatic N) is 4. The Kier molecular flexibility index (Phi) is 3.85. The van der Waals surface area contributed by atoms with Gasteiger partial charge in [0.25, 0.3) is 0 Å². The predicted octanol–water partition coefficient (Wildman–Crippen LogP) is 1.23. The molecule has 0 atom stereocenters. The van der Waals surface area contributed by atoms with Crippen LogP contribution in [0.3, 0.4) is 0 Å². The predicted molar refractivity (Wildman–Crippen MR) is 87.9 cm³/mol. The van der Waals surface area contributed by atoms with Crippen LogP contribution in [-0.2, 0) is 13.0 Å². The second kappa shape index (κ2) is 5.97. The second-order valence-electron chi connectivity index (χ2n) is 5.06. The summed E-state index contributed by atoms with van der Waals surface area (Å²) in [7, 11) is 0. The van der Waals surface area contributed by atoms with Gasteiger partial charge in [0, 0.05) is 18.1 Å². The Balaban J connectivity index is 2.20. The van der Waals surface area contributed by atoms with E-state index in [4.69, 9.17) is 0 Å². The highest BCUT2D eigenvalue weighted by Crippen LogP contribution is 2.09. The van der Waals surface area contributed by atoms with Crippen molar-refractivity contribution in [1.82, 2.24) is 18.7 Å². The summed E-state index contributed by atoms with van der Waals surface area (Å²) in [5.41, 5.74) is 1.29. The molecule has 0 radical (unpaired) electrons. The summed E-state index contributed by atoms with van der Waals surface area (Å²) in [5, 5.41) is 4.11. The first-order chi connectivity index (χ1) is 11.2. The fourth-order valence-electron chi connectivity index (χ4n) is 2.40. The van der Waals surface area contributed by atoms with Crippen LogP contribution in [0.25, 0.3) is 11.3 Å². The van der Waals surface area contributed by atoms with Crippen molar-refractivity contribution in [2.24, 2.45) is 0 Å². The molecule has 0 saturated heterocycles. The molecule has 2 heterocycles. The van der Waals surface area contributed by atoms with Crippen LogP contribution in [0, 0.1) is 11.8 Å². The zero-order valence-corrected chi connectivity index (χ0v) is 13.0. The number of fused-ring (bicyclic) bond motifs is 1. The molecule has 3 rings (SSSR count). The molecule has 3 aromatic rings. The van der Waals surface area contributed by atoms with Crippen LogP contribution in [0.2, 0.25) is 0 Å². The summed E-state index contributed by atoms with van der Waals surface area (Å²) in [6.07, 6.45) is 4.03. The molecule has 0 unspecified atom stereocenters. The number of rotatable bonds is 3. The topological polar surface area (TPSA) is 61.3 Å². The Labute approximate surface area is 132 Å². The molecule has 0 bridgehead atoms. The van der Waals surface area contributed by atoms with Gasteiger partial charge < -0.3 is 0 Å². The van der Waals surface area contributed by atoms with Crippen molar-refractivity contribution in [2.45, 2.75) is 26.8 Å². The minimum atomic E-state index is -0.366. The largest absolute Gasteiger partial charge is 0.351 e. The van der Waals surface area contributed by atoms with Crippen LogP contribution >= 0.6 is 0 Å². The van der Waals surface area contributed by atoms with Gasteiger partial charge in [-0.2, -0.15) is 0 Å². The molecule has 6 nitrogen and oxygen atoms in total. The number of hydrogen-bond acceptors (Lipinski definition) is 3. The highest BCUT2D eigenvalue weighted by atomic mass is 16.2. The van der Waals surface area contributed by atoms with E-state index < -0.39 is 0 Å². The Morgan fingerprint density at radius 2 is 2.04 bits per heavy atom. The van der Waals surface area contributed by atoms with E-state index in [0.29, 0.717) is 0 Å². The maximum Gasteiger partial charge on any atom is 0.351 e. The van der Waals surface area contributed by atoms with Crippen LogP contribution < -0.4 is 11.2 Å². The van der Waals surface area contributed by atoms with E-state index in [1.54, 1.807) is 19.3 Å². The fourth-order valence-corrected chi connectivity index (χ4v) is 2.40. The van der Waals surface area contributed by atoms with Crippen LogP contribution in [0.1, 0.15) is 19.4 Å². The highest BCUT2D eigenvalue weighted by molar-refractivity contribution is 5.41. The number of hydrogen-bond donors (Lipinski definition) is 0. The van der Waals surface area contributed by atoms with Gasteiger partial charge in [0.1, 0.15) is 6.54 Å². The summed E-state index contributed by atoms with van der Waals surface area (Å²) in [6.45, 7) is 3.91. The Hall–Kier alpha value is -3.07. The van der Waals surface area contributed by atoms with E-state index in [0.717, 1.165) is 17.7 Å². The van der Waals surface area contributed by atoms with E-state index in [-0.39, 0.29) is 23.4 Å². The SMILES string of the molecule is CC#CCn1nc2c(=O)n(-c3cccc(CC)c3)ccn2c1=O. The van der Waals surface area contributed by atoms with Gasteiger partial charge in [0.05, 0.1) is 0 Å². The summed E-state index contributed by atoms with van der Waals surface area (Å²) in [6, 6.07) is 7.73. The molecule has 6 heteroatoms. The quantitative estimate of drug-likeness (QED) is 0.684. The van der Waals surface area contributed by atoms with Gasteiger partial charge in [-0.1, -0.05) is 25.0 Å². The first kappa shape index (κ1) is 14.9. The van der Waals surface area contributed by atoms with Gasteiger partial charge in [-0.15, -0.1) is 11.0 Å². The van der Waals surface area contributed by atoms with Crippen LogP contribution in [0.4, 0.5) is 0 Å². The maximum atomic E-state index is 12.7. The second-order valence-corrected chi connectivity index (χ2v) is 5.06. The Morgan fingerprint density at radius 3 is 2.78 bits per heavy atom. The van der Waals surface area contributed by atoms with Crippen LogP contribution in [0.15, 0.2) is 46.2 Å². The first-order valence-corrected chi connectivity index (χ1v) is 7.35. The third-order valence-corrected chi connectivity index (χ3v) is 3.65. The molecule has 0 saturated carbocycles. The number of aryl methyl sites for hydroxylation is 1. The molecule has 0 N–H and O–H groups in total. The molecule has 0 aliphatic carbocycles. The molecule has 23 heavy (non-hydrogen) atoms. The van der Waals surface area contributed by atoms with Gasteiger partial charge in [0.2, 0.25) is 5.65 Å². The van der Waals surface area contributed by atoms with Gasteiger partial charge in [-0.25, -0.2) is 13.9 Å². The molecule has 0 fully saturated rings. The molecule has 116 valence electrons. The average Bonchev–Trinajstić information content (AvgIpc) is 2.90. The van der Waals surface area contributed by atoms with E-state index >= 15 is 0 Å². The van der Waals surface area contributed by atoms with E-state index in [9.17, 15) is 9.59 Å². The maximum absolute atomic E-state index is 12.7. The zero-order chi connectivity index (χ0) is 16.4. The smallest absolute Gasteiger partial charge is 0.280 e. The monoisotopic (exact) mass is 308 g/mol. The average molecular weight is 308 g/mol. The summed E-state index contributed by atoms with van der Waals surface area (Å²) >= 11 is 0. The molecular formula is C17H16N4O2. The third-order valence-electron chi connectivity index (χ3n) is 3.65. The van der Waals surface area contributed by atoms with E-state index in [2.05, 4.69) is 23.9 Å². The van der Waals surface area contributed by atoms with Crippen molar-refractivity contribution in [1.29, 1.82) is 0 Å². The summed E-state index contributed by atoms with van der Waals surface area (Å²) < 4.78 is 3.94. The van der Waals surface area contributed by atoms with Gasteiger partial charge >= 0.3 is 11.2 Å². The van der Waals surface area contributed by atoms with Crippen LogP contribution in [0.5, 0.6) is 0 Å². The van der Waals surface area contributed by atoms with Crippen molar-refractivity contribution in [3.8, 4) is 17.5 Å². The Bertz CT molecular complexity index is 1040. The van der Waals surface area contributed by atoms with E-state index in [1.807, 2.05) is 24.3 Å². The van der Waals surface area contributed by atoms with Crippen molar-refractivity contribution in [2.75, 3.05) is 0 Å². The lowest BCUT2D eigenvalue weighted by Crippen LogP contribution is -2.24. The van der Waals surface area contributed by atoms with Crippen molar-refractivity contribution in [3.05, 3.63) is 63.1 Å². The number of aromatic nitrogens is 4. The lowest BCUT2D eigenvalue weighted by Gasteiger charge is -2.06. The van der Waals surface area contributed by atoms with Gasteiger partial charge in [-0.3, -0.25) is 9.36 Å². The molecule has 0 spiro atoms. The standard InChI is InChI=1S/C17H16N4O2/c1-3-5-9-21-17(23)20-11-10-19(16(22)15(20)18-21)14-8-6-7-13(4-2)12-14/h6-8,10-12H,4,9H2,1-2H3.